The van der Waals surface area contributed by atoms with E-state index in [1.165, 1.54) is 6.07 Å². The molecular formula is C17H18F3N3O4S. The van der Waals surface area contributed by atoms with Crippen molar-refractivity contribution in [1.82, 2.24) is 15.5 Å². The number of carbonyl (C=O) groups is 2. The van der Waals surface area contributed by atoms with Crippen molar-refractivity contribution < 1.29 is 32.3 Å². The number of aliphatic carboxylic acids is 1. The van der Waals surface area contributed by atoms with Crippen LogP contribution < -0.4 is 5.32 Å². The van der Waals surface area contributed by atoms with E-state index in [1.807, 2.05) is 6.92 Å². The lowest BCUT2D eigenvalue weighted by molar-refractivity contribution is -0.138. The van der Waals surface area contributed by atoms with Gasteiger partial charge in [-0.15, -0.1) is 10.2 Å². The fraction of sp³-hybridized carbons (Fsp3) is 0.412. The summed E-state index contributed by atoms with van der Waals surface area (Å²) in [6.07, 6.45) is -2.52. The lowest BCUT2D eigenvalue weighted by Crippen LogP contribution is -2.23. The molecule has 0 aliphatic carbocycles. The first kappa shape index (κ1) is 21.7. The maximum Gasteiger partial charge on any atom is 0.416 e. The molecule has 0 aliphatic heterocycles. The van der Waals surface area contributed by atoms with E-state index in [2.05, 4.69) is 15.5 Å². The summed E-state index contributed by atoms with van der Waals surface area (Å²) in [5, 5.41) is 18.3. The van der Waals surface area contributed by atoms with Crippen molar-refractivity contribution in [1.29, 1.82) is 0 Å². The number of rotatable bonds is 9. The second-order valence-corrected chi connectivity index (χ2v) is 6.96. The third-order valence-corrected chi connectivity index (χ3v) is 4.73. The zero-order valence-electron chi connectivity index (χ0n) is 14.8. The van der Waals surface area contributed by atoms with Crippen LogP contribution in [0.1, 0.15) is 48.0 Å². The molecule has 0 saturated heterocycles. The second-order valence-electron chi connectivity index (χ2n) is 5.81. The van der Waals surface area contributed by atoms with Crippen molar-refractivity contribution in [3.63, 3.8) is 0 Å². The SMILES string of the molecule is CCCC[C@@H](Sc1nnc(CNC(=O)c2cccc(C(F)(F)F)c2)o1)C(=O)O. The van der Waals surface area contributed by atoms with Gasteiger partial charge in [0.15, 0.2) is 0 Å². The van der Waals surface area contributed by atoms with E-state index in [-0.39, 0.29) is 23.2 Å². The average Bonchev–Trinajstić information content (AvgIpc) is 3.10. The quantitative estimate of drug-likeness (QED) is 0.599. The van der Waals surface area contributed by atoms with Crippen molar-refractivity contribution in [2.75, 3.05) is 0 Å². The summed E-state index contributed by atoms with van der Waals surface area (Å²) >= 11 is 0.915. The first-order valence-electron chi connectivity index (χ1n) is 8.38. The minimum Gasteiger partial charge on any atom is -0.480 e. The van der Waals surface area contributed by atoms with Gasteiger partial charge < -0.3 is 14.8 Å². The van der Waals surface area contributed by atoms with Gasteiger partial charge in [0.1, 0.15) is 5.25 Å². The van der Waals surface area contributed by atoms with E-state index in [0.717, 1.165) is 42.8 Å². The zero-order chi connectivity index (χ0) is 20.7. The van der Waals surface area contributed by atoms with Crippen LogP contribution in [0.5, 0.6) is 0 Å². The molecule has 0 aliphatic rings. The Hall–Kier alpha value is -2.56. The molecule has 2 N–H and O–H groups in total. The maximum atomic E-state index is 12.7. The van der Waals surface area contributed by atoms with Crippen LogP contribution in [0.25, 0.3) is 0 Å². The van der Waals surface area contributed by atoms with Crippen molar-refractivity contribution in [2.24, 2.45) is 0 Å². The largest absolute Gasteiger partial charge is 0.480 e. The first-order valence-corrected chi connectivity index (χ1v) is 9.26. The molecule has 7 nitrogen and oxygen atoms in total. The third-order valence-electron chi connectivity index (χ3n) is 3.64. The molecule has 1 aromatic carbocycles. The molecule has 0 spiro atoms. The number of alkyl halides is 3. The van der Waals surface area contributed by atoms with E-state index in [4.69, 9.17) is 4.42 Å². The molecule has 1 atom stereocenters. The highest BCUT2D eigenvalue weighted by atomic mass is 32.2. The Kier molecular flexibility index (Phi) is 7.44. The molecule has 1 amide bonds. The lowest BCUT2D eigenvalue weighted by atomic mass is 10.1. The van der Waals surface area contributed by atoms with Gasteiger partial charge in [0.05, 0.1) is 12.1 Å². The molecule has 2 aromatic rings. The Balaban J connectivity index is 1.95. The first-order chi connectivity index (χ1) is 13.2. The maximum absolute atomic E-state index is 12.7. The summed E-state index contributed by atoms with van der Waals surface area (Å²) in [7, 11) is 0. The number of nitrogens with one attached hydrogen (secondary N) is 1. The number of nitrogens with zero attached hydrogens (tertiary/aromatic N) is 2. The summed E-state index contributed by atoms with van der Waals surface area (Å²) in [6, 6.07) is 4.01. The van der Waals surface area contributed by atoms with Crippen molar-refractivity contribution in [3.05, 3.63) is 41.3 Å². The van der Waals surface area contributed by atoms with Gasteiger partial charge in [-0.2, -0.15) is 13.2 Å². The molecule has 0 fully saturated rings. The topological polar surface area (TPSA) is 105 Å². The Morgan fingerprint density at radius 1 is 1.32 bits per heavy atom. The van der Waals surface area contributed by atoms with E-state index in [0.29, 0.717) is 6.42 Å². The fourth-order valence-electron chi connectivity index (χ4n) is 2.20. The van der Waals surface area contributed by atoms with Gasteiger partial charge in [-0.3, -0.25) is 9.59 Å². The van der Waals surface area contributed by atoms with E-state index >= 15 is 0 Å². The number of amides is 1. The Morgan fingerprint density at radius 3 is 2.71 bits per heavy atom. The highest BCUT2D eigenvalue weighted by Crippen LogP contribution is 2.29. The monoisotopic (exact) mass is 417 g/mol. The van der Waals surface area contributed by atoms with Crippen LogP contribution in [0, 0.1) is 0 Å². The van der Waals surface area contributed by atoms with Crippen LogP contribution in [-0.4, -0.2) is 32.4 Å². The van der Waals surface area contributed by atoms with Crippen LogP contribution >= 0.6 is 11.8 Å². The third kappa shape index (κ3) is 6.25. The highest BCUT2D eigenvalue weighted by Gasteiger charge is 2.31. The summed E-state index contributed by atoms with van der Waals surface area (Å²) in [5.74, 6) is -1.71. The van der Waals surface area contributed by atoms with E-state index in [9.17, 15) is 27.9 Å². The number of aromatic nitrogens is 2. The standard InChI is InChI=1S/C17H18F3N3O4S/c1-2-3-7-12(15(25)26)28-16-23-22-13(27-16)9-21-14(24)10-5-4-6-11(8-10)17(18,19)20/h4-6,8,12H,2-3,7,9H2,1H3,(H,21,24)(H,25,26)/t12-/m1/s1. The summed E-state index contributed by atoms with van der Waals surface area (Å²) in [4.78, 5) is 23.3. The molecule has 28 heavy (non-hydrogen) atoms. The van der Waals surface area contributed by atoms with Crippen LogP contribution in [-0.2, 0) is 17.5 Å². The predicted molar refractivity (Wildman–Crippen MR) is 93.7 cm³/mol. The lowest BCUT2D eigenvalue weighted by Gasteiger charge is -2.08. The minimum atomic E-state index is -4.55. The second kappa shape index (κ2) is 9.58. The van der Waals surface area contributed by atoms with Gasteiger partial charge in [0.25, 0.3) is 11.1 Å². The zero-order valence-corrected chi connectivity index (χ0v) is 15.6. The average molecular weight is 417 g/mol. The van der Waals surface area contributed by atoms with Crippen molar-refractivity contribution in [3.8, 4) is 0 Å². The molecule has 11 heteroatoms. The van der Waals surface area contributed by atoms with Gasteiger partial charge in [-0.25, -0.2) is 0 Å². The number of unbranched alkanes of at least 4 members (excludes halogenated alkanes) is 1. The Morgan fingerprint density at radius 2 is 2.07 bits per heavy atom. The number of carboxylic acids is 1. The molecule has 152 valence electrons. The number of carboxylic acid groups (broad SMARTS) is 1. The minimum absolute atomic E-state index is 0.0162. The smallest absolute Gasteiger partial charge is 0.416 e. The van der Waals surface area contributed by atoms with Gasteiger partial charge in [-0.05, 0) is 24.6 Å². The highest BCUT2D eigenvalue weighted by molar-refractivity contribution is 8.00. The van der Waals surface area contributed by atoms with Gasteiger partial charge in [-0.1, -0.05) is 37.6 Å². The summed E-state index contributed by atoms with van der Waals surface area (Å²) < 4.78 is 43.4. The number of benzene rings is 1. The Bertz CT molecular complexity index is 826. The van der Waals surface area contributed by atoms with Crippen LogP contribution in [0.3, 0.4) is 0 Å². The van der Waals surface area contributed by atoms with Gasteiger partial charge in [0, 0.05) is 5.56 Å². The molecule has 0 unspecified atom stereocenters. The summed E-state index contributed by atoms with van der Waals surface area (Å²) in [6.45, 7) is 1.75. The number of thioether (sulfide) groups is 1. The molecule has 1 heterocycles. The van der Waals surface area contributed by atoms with Crippen LogP contribution in [0.4, 0.5) is 13.2 Å². The Labute approximate surface area is 162 Å². The summed E-state index contributed by atoms with van der Waals surface area (Å²) in [5.41, 5.74) is -1.09. The van der Waals surface area contributed by atoms with Gasteiger partial charge >= 0.3 is 12.1 Å². The molecule has 2 rings (SSSR count). The van der Waals surface area contributed by atoms with E-state index < -0.39 is 28.9 Å². The molecule has 1 aromatic heterocycles. The molecule has 0 radical (unpaired) electrons. The number of carbonyl (C=O) groups excluding carboxylic acids is 1. The normalized spacial score (nSPS) is 12.6. The van der Waals surface area contributed by atoms with Crippen molar-refractivity contribution >= 4 is 23.6 Å². The van der Waals surface area contributed by atoms with Crippen molar-refractivity contribution in [2.45, 2.75) is 49.4 Å². The van der Waals surface area contributed by atoms with E-state index in [1.54, 1.807) is 0 Å². The number of hydrogen-bond donors (Lipinski definition) is 2. The number of hydrogen-bond acceptors (Lipinski definition) is 6. The molecule has 0 saturated carbocycles. The van der Waals surface area contributed by atoms with Crippen LogP contribution in [0.2, 0.25) is 0 Å². The van der Waals surface area contributed by atoms with Crippen LogP contribution in [0.15, 0.2) is 33.9 Å². The molecule has 0 bridgehead atoms. The van der Waals surface area contributed by atoms with Gasteiger partial charge in [0.2, 0.25) is 5.89 Å². The molecular weight excluding hydrogens is 399 g/mol. The fourth-order valence-corrected chi connectivity index (χ4v) is 3.06. The predicted octanol–water partition coefficient (Wildman–Crippen LogP) is 3.75. The number of halogens is 3.